The number of carbonyl (C=O) groups excluding carboxylic acids is 2. The lowest BCUT2D eigenvalue weighted by atomic mass is 10.0. The van der Waals surface area contributed by atoms with Gasteiger partial charge in [-0.3, -0.25) is 14.5 Å². The minimum atomic E-state index is -0.394. The smallest absolute Gasteiger partial charge is 0.293 e. The third-order valence-electron chi connectivity index (χ3n) is 5.85. The Hall–Kier alpha value is -4.05. The van der Waals surface area contributed by atoms with Crippen molar-refractivity contribution in [2.24, 2.45) is 0 Å². The molecule has 7 heteroatoms. The van der Waals surface area contributed by atoms with E-state index < -0.39 is 5.91 Å². The normalized spacial score (nSPS) is 14.4. The first-order valence-corrected chi connectivity index (χ1v) is 12.4. The first-order valence-electron chi connectivity index (χ1n) is 11.2. The van der Waals surface area contributed by atoms with E-state index in [0.29, 0.717) is 33.4 Å². The van der Waals surface area contributed by atoms with Crippen molar-refractivity contribution in [2.75, 3.05) is 0 Å². The molecule has 0 saturated carbocycles. The van der Waals surface area contributed by atoms with Crippen LogP contribution in [0.25, 0.3) is 16.8 Å². The van der Waals surface area contributed by atoms with E-state index in [1.165, 1.54) is 4.90 Å². The summed E-state index contributed by atoms with van der Waals surface area (Å²) in [5, 5.41) is 11.6. The van der Waals surface area contributed by atoms with Gasteiger partial charge in [0.15, 0.2) is 0 Å². The highest BCUT2D eigenvalue weighted by molar-refractivity contribution is 8.18. The minimum absolute atomic E-state index is 0.0429. The van der Waals surface area contributed by atoms with E-state index in [0.717, 1.165) is 33.7 Å². The third-order valence-corrected chi connectivity index (χ3v) is 7.01. The van der Waals surface area contributed by atoms with Gasteiger partial charge in [-0.2, -0.15) is 5.26 Å². The molecule has 2 amide bonds. The molecule has 0 N–H and O–H groups in total. The predicted octanol–water partition coefficient (Wildman–Crippen LogP) is 7.18. The van der Waals surface area contributed by atoms with Crippen LogP contribution in [0.4, 0.5) is 4.79 Å². The molecule has 0 atom stereocenters. The Labute approximate surface area is 217 Å². The van der Waals surface area contributed by atoms with Crippen molar-refractivity contribution in [3.8, 4) is 11.8 Å². The van der Waals surface area contributed by atoms with Gasteiger partial charge in [-0.15, -0.1) is 0 Å². The Balaban J connectivity index is 1.48. The summed E-state index contributed by atoms with van der Waals surface area (Å²) in [6.45, 7) is 0.365. The van der Waals surface area contributed by atoms with Gasteiger partial charge in [-0.1, -0.05) is 72.3 Å². The van der Waals surface area contributed by atoms with Crippen molar-refractivity contribution in [1.82, 2.24) is 4.90 Å². The molecule has 176 valence electrons. The Kier molecular flexibility index (Phi) is 6.77. The van der Waals surface area contributed by atoms with Crippen LogP contribution >= 0.6 is 23.4 Å². The largest absolute Gasteiger partial charge is 0.488 e. The van der Waals surface area contributed by atoms with Crippen LogP contribution in [0.5, 0.6) is 5.75 Å². The number of rotatable bonds is 6. The molecule has 0 aliphatic carbocycles. The first-order chi connectivity index (χ1) is 17.5. The van der Waals surface area contributed by atoms with Crippen molar-refractivity contribution in [3.05, 3.63) is 117 Å². The van der Waals surface area contributed by atoms with Crippen molar-refractivity contribution < 1.29 is 14.3 Å². The first kappa shape index (κ1) is 23.7. The van der Waals surface area contributed by atoms with E-state index in [1.807, 2.05) is 60.7 Å². The molecular formula is C29H19ClN2O3S. The van der Waals surface area contributed by atoms with E-state index in [4.69, 9.17) is 16.3 Å². The molecule has 5 rings (SSSR count). The second kappa shape index (κ2) is 10.3. The molecule has 1 aliphatic rings. The SMILES string of the molecule is N#Cc1ccccc1CN1C(=O)S/C(=C/c2c(OCc3ccc(Cl)cc3)ccc3ccccc23)C1=O. The molecule has 1 aliphatic heterocycles. The summed E-state index contributed by atoms with van der Waals surface area (Å²) in [6, 6.07) is 28.1. The number of amides is 2. The fourth-order valence-corrected chi connectivity index (χ4v) is 4.94. The molecule has 5 nitrogen and oxygen atoms in total. The van der Waals surface area contributed by atoms with E-state index >= 15 is 0 Å². The van der Waals surface area contributed by atoms with E-state index in [9.17, 15) is 14.9 Å². The number of imide groups is 1. The summed E-state index contributed by atoms with van der Waals surface area (Å²) in [5.41, 5.74) is 2.74. The van der Waals surface area contributed by atoms with Gasteiger partial charge in [-0.05, 0) is 64.0 Å². The van der Waals surface area contributed by atoms with Crippen LogP contribution in [0.2, 0.25) is 5.02 Å². The van der Waals surface area contributed by atoms with Crippen LogP contribution < -0.4 is 4.74 Å². The summed E-state index contributed by atoms with van der Waals surface area (Å²) in [5.74, 6) is 0.208. The van der Waals surface area contributed by atoms with Crippen molar-refractivity contribution in [2.45, 2.75) is 13.2 Å². The molecule has 1 heterocycles. The lowest BCUT2D eigenvalue weighted by Gasteiger charge is -2.14. The maximum absolute atomic E-state index is 13.3. The van der Waals surface area contributed by atoms with Crippen LogP contribution in [0.1, 0.15) is 22.3 Å². The van der Waals surface area contributed by atoms with Crippen molar-refractivity contribution >= 4 is 51.4 Å². The van der Waals surface area contributed by atoms with E-state index in [1.54, 1.807) is 30.3 Å². The second-order valence-corrected chi connectivity index (χ2v) is 9.58. The molecule has 4 aromatic carbocycles. The van der Waals surface area contributed by atoms with Gasteiger partial charge in [0.25, 0.3) is 11.1 Å². The Bertz CT molecular complexity index is 1560. The minimum Gasteiger partial charge on any atom is -0.488 e. The average molecular weight is 511 g/mol. The summed E-state index contributed by atoms with van der Waals surface area (Å²) in [4.78, 5) is 27.5. The topological polar surface area (TPSA) is 70.4 Å². The van der Waals surface area contributed by atoms with Gasteiger partial charge < -0.3 is 4.74 Å². The molecule has 0 aromatic heterocycles. The summed E-state index contributed by atoms with van der Waals surface area (Å²) in [7, 11) is 0. The maximum atomic E-state index is 13.3. The molecule has 0 radical (unpaired) electrons. The summed E-state index contributed by atoms with van der Waals surface area (Å²) >= 11 is 6.88. The number of thioether (sulfide) groups is 1. The predicted molar refractivity (Wildman–Crippen MR) is 142 cm³/mol. The zero-order valence-electron chi connectivity index (χ0n) is 19.0. The Morgan fingerprint density at radius 1 is 0.944 bits per heavy atom. The molecule has 4 aromatic rings. The fraction of sp³-hybridized carbons (Fsp3) is 0.0690. The summed E-state index contributed by atoms with van der Waals surface area (Å²) < 4.78 is 6.15. The van der Waals surface area contributed by atoms with Crippen LogP contribution in [0, 0.1) is 11.3 Å². The number of benzene rings is 4. The monoisotopic (exact) mass is 510 g/mol. The number of ether oxygens (including phenoxy) is 1. The number of hydrogen-bond acceptors (Lipinski definition) is 5. The van der Waals surface area contributed by atoms with Crippen molar-refractivity contribution in [3.63, 3.8) is 0 Å². The Morgan fingerprint density at radius 3 is 2.50 bits per heavy atom. The van der Waals surface area contributed by atoms with Gasteiger partial charge in [0.1, 0.15) is 12.4 Å². The maximum Gasteiger partial charge on any atom is 0.293 e. The lowest BCUT2D eigenvalue weighted by Crippen LogP contribution is -2.27. The molecule has 0 bridgehead atoms. The number of nitrogens with zero attached hydrogens (tertiary/aromatic N) is 2. The van der Waals surface area contributed by atoms with Crippen LogP contribution in [0.15, 0.2) is 89.8 Å². The third kappa shape index (κ3) is 4.85. The van der Waals surface area contributed by atoms with Gasteiger partial charge in [0.2, 0.25) is 0 Å². The molecule has 1 saturated heterocycles. The number of hydrogen-bond donors (Lipinski definition) is 0. The average Bonchev–Trinajstić information content (AvgIpc) is 3.16. The van der Waals surface area contributed by atoms with Gasteiger partial charge in [0, 0.05) is 10.6 Å². The molecule has 0 spiro atoms. The van der Waals surface area contributed by atoms with E-state index in [2.05, 4.69) is 6.07 Å². The molecular weight excluding hydrogens is 492 g/mol. The number of nitriles is 1. The molecule has 36 heavy (non-hydrogen) atoms. The Morgan fingerprint density at radius 2 is 1.69 bits per heavy atom. The standard InChI is InChI=1S/C29H19ClN2O3S/c30-23-12-9-19(10-13-23)18-35-26-14-11-20-5-3-4-8-24(20)25(26)15-27-28(33)32(29(34)36-27)17-22-7-2-1-6-21(22)16-31/h1-15H,17-18H2/b27-15+. The highest BCUT2D eigenvalue weighted by Crippen LogP contribution is 2.37. The van der Waals surface area contributed by atoms with Gasteiger partial charge in [0.05, 0.1) is 23.1 Å². The van der Waals surface area contributed by atoms with Gasteiger partial charge >= 0.3 is 0 Å². The number of carbonyl (C=O) groups is 2. The number of halogens is 1. The van der Waals surface area contributed by atoms with Crippen LogP contribution in [0.3, 0.4) is 0 Å². The van der Waals surface area contributed by atoms with E-state index in [-0.39, 0.29) is 11.8 Å². The molecule has 1 fully saturated rings. The molecule has 0 unspecified atom stereocenters. The lowest BCUT2D eigenvalue weighted by molar-refractivity contribution is -0.123. The van der Waals surface area contributed by atoms with Crippen molar-refractivity contribution in [1.29, 1.82) is 5.26 Å². The zero-order chi connectivity index (χ0) is 25.1. The fourth-order valence-electron chi connectivity index (χ4n) is 4.00. The zero-order valence-corrected chi connectivity index (χ0v) is 20.6. The summed E-state index contributed by atoms with van der Waals surface area (Å²) in [6.07, 6.45) is 1.72. The highest BCUT2D eigenvalue weighted by Gasteiger charge is 2.35. The number of fused-ring (bicyclic) bond motifs is 1. The van der Waals surface area contributed by atoms with Crippen LogP contribution in [-0.4, -0.2) is 16.0 Å². The quantitative estimate of drug-likeness (QED) is 0.257. The second-order valence-electron chi connectivity index (χ2n) is 8.15. The highest BCUT2D eigenvalue weighted by atomic mass is 35.5. The van der Waals surface area contributed by atoms with Gasteiger partial charge in [-0.25, -0.2) is 0 Å². The van der Waals surface area contributed by atoms with Crippen LogP contribution in [-0.2, 0) is 17.9 Å².